The summed E-state index contributed by atoms with van der Waals surface area (Å²) in [4.78, 5) is 27.4. The van der Waals surface area contributed by atoms with Gasteiger partial charge in [-0.25, -0.2) is 4.79 Å². The minimum Gasteiger partial charge on any atom is -0.481 e. The van der Waals surface area contributed by atoms with E-state index < -0.39 is 11.4 Å². The second kappa shape index (κ2) is 7.87. The van der Waals surface area contributed by atoms with Crippen molar-refractivity contribution in [1.29, 1.82) is 5.26 Å². The molecule has 1 saturated heterocycles. The number of carboxylic acids is 1. The van der Waals surface area contributed by atoms with Crippen LogP contribution >= 0.6 is 0 Å². The first-order valence-electron chi connectivity index (χ1n) is 7.65. The first-order valence-corrected chi connectivity index (χ1v) is 7.65. The van der Waals surface area contributed by atoms with E-state index in [0.29, 0.717) is 45.3 Å². The topological polar surface area (TPSA) is 84.6 Å². The van der Waals surface area contributed by atoms with Gasteiger partial charge in [0.1, 0.15) is 0 Å². The monoisotopic (exact) mass is 295 g/mol. The molecule has 21 heavy (non-hydrogen) atoms. The molecule has 0 saturated carbocycles. The van der Waals surface area contributed by atoms with E-state index in [1.165, 1.54) is 0 Å². The smallest absolute Gasteiger partial charge is 0.320 e. The lowest BCUT2D eigenvalue weighted by Gasteiger charge is -2.41. The van der Waals surface area contributed by atoms with E-state index in [1.807, 2.05) is 19.9 Å². The minimum atomic E-state index is -0.808. The van der Waals surface area contributed by atoms with Crippen molar-refractivity contribution in [1.82, 2.24) is 9.80 Å². The zero-order valence-electron chi connectivity index (χ0n) is 13.0. The SMILES string of the molecule is CCCC1(C(=O)O)CCCN(C(=O)N(CC)CCC#N)C1. The molecule has 0 aromatic heterocycles. The largest absolute Gasteiger partial charge is 0.481 e. The Labute approximate surface area is 126 Å². The fourth-order valence-electron chi connectivity index (χ4n) is 3.03. The summed E-state index contributed by atoms with van der Waals surface area (Å²) >= 11 is 0. The van der Waals surface area contributed by atoms with Crippen molar-refractivity contribution in [2.45, 2.75) is 46.0 Å². The van der Waals surface area contributed by atoms with Crippen molar-refractivity contribution in [3.8, 4) is 6.07 Å². The molecule has 1 aliphatic heterocycles. The van der Waals surface area contributed by atoms with Gasteiger partial charge in [-0.15, -0.1) is 0 Å². The van der Waals surface area contributed by atoms with Crippen LogP contribution in [0.3, 0.4) is 0 Å². The first-order chi connectivity index (χ1) is 10.0. The van der Waals surface area contributed by atoms with Crippen LogP contribution in [0.25, 0.3) is 0 Å². The number of piperidine rings is 1. The molecule has 1 aliphatic rings. The van der Waals surface area contributed by atoms with Crippen LogP contribution < -0.4 is 0 Å². The highest BCUT2D eigenvalue weighted by molar-refractivity contribution is 5.79. The number of carboxylic acid groups (broad SMARTS) is 1. The first kappa shape index (κ1) is 17.3. The fraction of sp³-hybridized carbons (Fsp3) is 0.800. The second-order valence-corrected chi connectivity index (χ2v) is 5.63. The summed E-state index contributed by atoms with van der Waals surface area (Å²) in [7, 11) is 0. The van der Waals surface area contributed by atoms with Gasteiger partial charge >= 0.3 is 12.0 Å². The van der Waals surface area contributed by atoms with E-state index in [9.17, 15) is 14.7 Å². The molecule has 0 aliphatic carbocycles. The molecule has 1 heterocycles. The fourth-order valence-corrected chi connectivity index (χ4v) is 3.03. The number of hydrogen-bond acceptors (Lipinski definition) is 3. The average Bonchev–Trinajstić information content (AvgIpc) is 2.48. The van der Waals surface area contributed by atoms with Crippen molar-refractivity contribution in [2.24, 2.45) is 5.41 Å². The molecule has 1 unspecified atom stereocenters. The summed E-state index contributed by atoms with van der Waals surface area (Å²) in [5.41, 5.74) is -0.808. The molecule has 1 rings (SSSR count). The molecular weight excluding hydrogens is 270 g/mol. The van der Waals surface area contributed by atoms with Crippen LogP contribution in [0.15, 0.2) is 0 Å². The van der Waals surface area contributed by atoms with Gasteiger partial charge in [-0.2, -0.15) is 5.26 Å². The summed E-state index contributed by atoms with van der Waals surface area (Å²) < 4.78 is 0. The van der Waals surface area contributed by atoms with Gasteiger partial charge in [0.2, 0.25) is 0 Å². The molecule has 0 aromatic rings. The summed E-state index contributed by atoms with van der Waals surface area (Å²) in [5, 5.41) is 18.2. The quantitative estimate of drug-likeness (QED) is 0.815. The number of carbonyl (C=O) groups excluding carboxylic acids is 1. The van der Waals surface area contributed by atoms with Crippen LogP contribution in [0, 0.1) is 16.7 Å². The number of carbonyl (C=O) groups is 2. The Balaban J connectivity index is 2.80. The number of nitrogens with zero attached hydrogens (tertiary/aromatic N) is 3. The second-order valence-electron chi connectivity index (χ2n) is 5.63. The number of urea groups is 1. The van der Waals surface area contributed by atoms with E-state index in [1.54, 1.807) is 9.80 Å². The van der Waals surface area contributed by atoms with Gasteiger partial charge in [0, 0.05) is 26.2 Å². The van der Waals surface area contributed by atoms with Gasteiger partial charge in [-0.05, 0) is 26.2 Å². The average molecular weight is 295 g/mol. The minimum absolute atomic E-state index is 0.144. The zero-order chi connectivity index (χ0) is 15.9. The van der Waals surface area contributed by atoms with E-state index in [0.717, 1.165) is 6.42 Å². The van der Waals surface area contributed by atoms with Crippen LogP contribution in [-0.4, -0.2) is 53.1 Å². The Hall–Kier alpha value is -1.77. The van der Waals surface area contributed by atoms with E-state index >= 15 is 0 Å². The lowest BCUT2D eigenvalue weighted by molar-refractivity contribution is -0.152. The van der Waals surface area contributed by atoms with Gasteiger partial charge in [0.25, 0.3) is 0 Å². The van der Waals surface area contributed by atoms with Crippen molar-refractivity contribution in [2.75, 3.05) is 26.2 Å². The van der Waals surface area contributed by atoms with Gasteiger partial charge in [0.05, 0.1) is 17.9 Å². The van der Waals surface area contributed by atoms with Crippen LogP contribution in [-0.2, 0) is 4.79 Å². The maximum atomic E-state index is 12.5. The highest BCUT2D eigenvalue weighted by atomic mass is 16.4. The number of amides is 2. The number of hydrogen-bond donors (Lipinski definition) is 1. The highest BCUT2D eigenvalue weighted by Crippen LogP contribution is 2.35. The third kappa shape index (κ3) is 4.10. The molecule has 0 spiro atoms. The normalized spacial score (nSPS) is 21.7. The Morgan fingerprint density at radius 3 is 2.67 bits per heavy atom. The maximum absolute atomic E-state index is 12.5. The zero-order valence-corrected chi connectivity index (χ0v) is 13.0. The molecule has 0 bridgehead atoms. The van der Waals surface area contributed by atoms with Crippen LogP contribution in [0.4, 0.5) is 4.79 Å². The predicted molar refractivity (Wildman–Crippen MR) is 78.7 cm³/mol. The summed E-state index contributed by atoms with van der Waals surface area (Å²) in [6.45, 7) is 5.65. The third-order valence-corrected chi connectivity index (χ3v) is 4.18. The summed E-state index contributed by atoms with van der Waals surface area (Å²) in [6, 6.07) is 1.89. The number of aliphatic carboxylic acids is 1. The van der Waals surface area contributed by atoms with Crippen molar-refractivity contribution >= 4 is 12.0 Å². The number of rotatable bonds is 6. The Bertz CT molecular complexity index is 415. The molecule has 118 valence electrons. The Kier molecular flexibility index (Phi) is 6.47. The summed E-state index contributed by atoms with van der Waals surface area (Å²) in [6.07, 6.45) is 3.03. The van der Waals surface area contributed by atoms with Crippen LogP contribution in [0.2, 0.25) is 0 Å². The van der Waals surface area contributed by atoms with Crippen molar-refractivity contribution in [3.05, 3.63) is 0 Å². The van der Waals surface area contributed by atoms with E-state index in [-0.39, 0.29) is 12.6 Å². The standard InChI is InChI=1S/C15H25N3O3/c1-3-7-15(13(19)20)8-5-10-18(12-15)14(21)17(4-2)11-6-9-16/h3-8,10-12H2,1-2H3,(H,19,20). The van der Waals surface area contributed by atoms with Crippen LogP contribution in [0.5, 0.6) is 0 Å². The number of likely N-dealkylation sites (tertiary alicyclic amines) is 1. The Morgan fingerprint density at radius 1 is 1.43 bits per heavy atom. The maximum Gasteiger partial charge on any atom is 0.320 e. The lowest BCUT2D eigenvalue weighted by atomic mass is 9.76. The van der Waals surface area contributed by atoms with Gasteiger partial charge < -0.3 is 14.9 Å². The predicted octanol–water partition coefficient (Wildman–Crippen LogP) is 2.31. The van der Waals surface area contributed by atoms with Gasteiger partial charge in [-0.1, -0.05) is 13.3 Å². The molecule has 0 aromatic carbocycles. The van der Waals surface area contributed by atoms with E-state index in [2.05, 4.69) is 0 Å². The number of nitriles is 1. The molecule has 1 atom stereocenters. The molecule has 6 heteroatoms. The van der Waals surface area contributed by atoms with Gasteiger partial charge in [0.15, 0.2) is 0 Å². The molecule has 1 N–H and O–H groups in total. The summed E-state index contributed by atoms with van der Waals surface area (Å²) in [5.74, 6) is -0.804. The van der Waals surface area contributed by atoms with Gasteiger partial charge in [-0.3, -0.25) is 4.79 Å². The molecule has 2 amide bonds. The third-order valence-electron chi connectivity index (χ3n) is 4.18. The highest BCUT2D eigenvalue weighted by Gasteiger charge is 2.43. The Morgan fingerprint density at radius 2 is 2.14 bits per heavy atom. The molecule has 0 radical (unpaired) electrons. The van der Waals surface area contributed by atoms with Crippen LogP contribution in [0.1, 0.15) is 46.0 Å². The lowest BCUT2D eigenvalue weighted by Crippen LogP contribution is -2.53. The molecular formula is C15H25N3O3. The van der Waals surface area contributed by atoms with E-state index in [4.69, 9.17) is 5.26 Å². The van der Waals surface area contributed by atoms with Crippen molar-refractivity contribution < 1.29 is 14.7 Å². The van der Waals surface area contributed by atoms with Crippen molar-refractivity contribution in [3.63, 3.8) is 0 Å². The molecule has 6 nitrogen and oxygen atoms in total. The molecule has 1 fully saturated rings.